The largest absolute Gasteiger partial charge is 0.298 e. The van der Waals surface area contributed by atoms with Crippen molar-refractivity contribution in [3.8, 4) is 0 Å². The number of hydrogen-bond acceptors (Lipinski definition) is 11. The number of thiol groups is 2. The van der Waals surface area contributed by atoms with Crippen molar-refractivity contribution in [2.24, 2.45) is 16.2 Å². The lowest BCUT2D eigenvalue weighted by Gasteiger charge is -2.33. The second-order valence-electron chi connectivity index (χ2n) is 15.7. The third-order valence-corrected chi connectivity index (χ3v) is 9.70. The average molecular weight is 662 g/mol. The van der Waals surface area contributed by atoms with E-state index < -0.39 is 25.7 Å². The molecule has 0 spiro atoms. The molecule has 11 heteroatoms. The number of Topliss-reactive ketones (excluding diaryl/α,β-unsaturated/α-hetero) is 5. The second-order valence-corrected chi connectivity index (χ2v) is 18.6. The molecule has 0 amide bonds. The molecule has 0 unspecified atom stereocenters. The Bertz CT molecular complexity index is 958. The predicted octanol–water partition coefficient (Wildman–Crippen LogP) is 4.94. The van der Waals surface area contributed by atoms with Gasteiger partial charge in [0, 0.05) is 42.4 Å². The Morgan fingerprint density at radius 2 is 0.721 bits per heavy atom. The highest BCUT2D eigenvalue weighted by Crippen LogP contribution is 2.29. The smallest absolute Gasteiger partial charge is 0.163 e. The van der Waals surface area contributed by atoms with Crippen LogP contribution >= 0.6 is 35.1 Å². The van der Waals surface area contributed by atoms with E-state index >= 15 is 0 Å². The number of carbonyl (C=O) groups excluding carboxylic acids is 5. The zero-order valence-electron chi connectivity index (χ0n) is 29.0. The lowest BCUT2D eigenvalue weighted by Crippen LogP contribution is -2.49. The summed E-state index contributed by atoms with van der Waals surface area (Å²) in [5.74, 6) is -0.0343. The third kappa shape index (κ3) is 16.4. The van der Waals surface area contributed by atoms with E-state index in [-0.39, 0.29) is 61.6 Å². The molecule has 43 heavy (non-hydrogen) atoms. The molecule has 250 valence electrons. The number of carbonyl (C=O) groups is 5. The van der Waals surface area contributed by atoms with Gasteiger partial charge in [0.05, 0.1) is 42.2 Å². The van der Waals surface area contributed by atoms with Gasteiger partial charge in [-0.2, -0.15) is 12.6 Å². The van der Waals surface area contributed by atoms with Gasteiger partial charge in [0.25, 0.3) is 0 Å². The van der Waals surface area contributed by atoms with E-state index in [2.05, 4.69) is 24.3 Å². The highest BCUT2D eigenvalue weighted by molar-refractivity contribution is 8.69. The summed E-state index contributed by atoms with van der Waals surface area (Å²) in [7, 11) is 1.17. The van der Waals surface area contributed by atoms with Crippen LogP contribution in [0.3, 0.4) is 0 Å². The standard InChI is InChI=1S/C32H59N3O5S3/c1-28(2,3)23(36)18-33(14-16-34(19-24(37)29(4,5)6)21-26(39)31(10,11)41)15-17-35(20-25(38)30(7,8)9)22-27(40)32(12,13)43-42/h41-42H,14-22H2,1-13H3. The summed E-state index contributed by atoms with van der Waals surface area (Å²) in [6.45, 7) is 26.0. The Balaban J connectivity index is 6.11. The van der Waals surface area contributed by atoms with Crippen LogP contribution in [-0.2, 0) is 24.0 Å². The van der Waals surface area contributed by atoms with Gasteiger partial charge in [-0.05, 0) is 27.7 Å². The van der Waals surface area contributed by atoms with Gasteiger partial charge in [0.15, 0.2) is 28.9 Å². The summed E-state index contributed by atoms with van der Waals surface area (Å²) in [5, 5.41) is 0. The lowest BCUT2D eigenvalue weighted by atomic mass is 9.90. The SMILES string of the molecule is CC(C)(C)C(=O)CN(CCN(CC(=O)C(C)(C)C)CC(=O)C(C)(C)S)CCN(CC(=O)C(C)(C)C)CC(=O)C(C)(C)SS. The third-order valence-electron chi connectivity index (χ3n) is 7.39. The fourth-order valence-corrected chi connectivity index (χ4v) is 3.97. The molecule has 0 rings (SSSR count). The van der Waals surface area contributed by atoms with Crippen LogP contribution in [0.25, 0.3) is 0 Å². The first-order chi connectivity index (χ1) is 19.1. The summed E-state index contributed by atoms with van der Waals surface area (Å²) in [4.78, 5) is 70.8. The molecule has 0 fully saturated rings. The van der Waals surface area contributed by atoms with Gasteiger partial charge in [0.2, 0.25) is 0 Å². The van der Waals surface area contributed by atoms with Crippen molar-refractivity contribution in [3.05, 3.63) is 0 Å². The molecule has 0 atom stereocenters. The van der Waals surface area contributed by atoms with Crippen LogP contribution in [0.5, 0.6) is 0 Å². The molecule has 0 aliphatic carbocycles. The minimum absolute atomic E-state index is 0.0182. The summed E-state index contributed by atoms with van der Waals surface area (Å²) < 4.78 is -1.57. The summed E-state index contributed by atoms with van der Waals surface area (Å²) in [6, 6.07) is 0. The molecule has 0 bridgehead atoms. The molecule has 0 aromatic rings. The lowest BCUT2D eigenvalue weighted by molar-refractivity contribution is -0.130. The van der Waals surface area contributed by atoms with Crippen molar-refractivity contribution in [1.82, 2.24) is 14.7 Å². The van der Waals surface area contributed by atoms with Crippen LogP contribution in [-0.4, -0.2) is 112 Å². The molecule has 0 aromatic heterocycles. The highest BCUT2D eigenvalue weighted by Gasteiger charge is 2.32. The molecule has 8 nitrogen and oxygen atoms in total. The highest BCUT2D eigenvalue weighted by atomic mass is 33.1. The normalized spacial score (nSPS) is 13.6. The van der Waals surface area contributed by atoms with E-state index in [1.807, 2.05) is 90.9 Å². The zero-order valence-corrected chi connectivity index (χ0v) is 31.7. The van der Waals surface area contributed by atoms with Gasteiger partial charge in [-0.25, -0.2) is 0 Å². The maximum atomic E-state index is 13.1. The van der Waals surface area contributed by atoms with Gasteiger partial charge in [-0.15, -0.1) is 11.7 Å². The van der Waals surface area contributed by atoms with Crippen LogP contribution in [0.2, 0.25) is 0 Å². The summed E-state index contributed by atoms with van der Waals surface area (Å²) in [6.07, 6.45) is 0. The van der Waals surface area contributed by atoms with Gasteiger partial charge in [-0.1, -0.05) is 73.1 Å². The quantitative estimate of drug-likeness (QED) is 0.148. The number of hydrogen-bond donors (Lipinski definition) is 2. The van der Waals surface area contributed by atoms with Crippen molar-refractivity contribution in [1.29, 1.82) is 0 Å². The van der Waals surface area contributed by atoms with Crippen LogP contribution in [0, 0.1) is 16.2 Å². The molecule has 0 aromatic carbocycles. The average Bonchev–Trinajstić information content (AvgIpc) is 2.82. The first-order valence-corrected chi connectivity index (χ1v) is 17.3. The topological polar surface area (TPSA) is 95.1 Å². The number of nitrogens with zero attached hydrogens (tertiary/aromatic N) is 3. The fraction of sp³-hybridized carbons (Fsp3) is 0.844. The first-order valence-electron chi connectivity index (χ1n) is 15.0. The fourth-order valence-electron chi connectivity index (χ4n) is 3.43. The summed E-state index contributed by atoms with van der Waals surface area (Å²) >= 11 is 8.70. The first kappa shape index (κ1) is 42.3. The molecule has 0 saturated heterocycles. The van der Waals surface area contributed by atoms with E-state index in [4.69, 9.17) is 0 Å². The molecule has 0 saturated carbocycles. The maximum Gasteiger partial charge on any atom is 0.163 e. The van der Waals surface area contributed by atoms with Crippen LogP contribution in [0.15, 0.2) is 0 Å². The Hall–Kier alpha value is -0.720. The molecule has 0 radical (unpaired) electrons. The summed E-state index contributed by atoms with van der Waals surface area (Å²) in [5.41, 5.74) is -1.69. The molecular formula is C32H59N3O5S3. The Labute approximate surface area is 276 Å². The van der Waals surface area contributed by atoms with Crippen molar-refractivity contribution >= 4 is 64.0 Å². The van der Waals surface area contributed by atoms with Gasteiger partial charge >= 0.3 is 0 Å². The molecule has 0 aliphatic rings. The van der Waals surface area contributed by atoms with Crippen LogP contribution in [0.1, 0.15) is 90.0 Å². The van der Waals surface area contributed by atoms with E-state index in [9.17, 15) is 24.0 Å². The molecule has 0 N–H and O–H groups in total. The maximum absolute atomic E-state index is 13.1. The minimum Gasteiger partial charge on any atom is -0.298 e. The van der Waals surface area contributed by atoms with E-state index in [0.717, 1.165) is 0 Å². The monoisotopic (exact) mass is 661 g/mol. The molecule has 0 aliphatic heterocycles. The van der Waals surface area contributed by atoms with Gasteiger partial charge in [0.1, 0.15) is 0 Å². The van der Waals surface area contributed by atoms with E-state index in [0.29, 0.717) is 26.2 Å². The Morgan fingerprint density at radius 1 is 0.465 bits per heavy atom. The Morgan fingerprint density at radius 3 is 1.00 bits per heavy atom. The van der Waals surface area contributed by atoms with Crippen LogP contribution < -0.4 is 0 Å². The zero-order chi connectivity index (χ0) is 34.2. The van der Waals surface area contributed by atoms with Gasteiger partial charge < -0.3 is 0 Å². The number of rotatable bonds is 19. The molecular weight excluding hydrogens is 603 g/mol. The van der Waals surface area contributed by atoms with Crippen molar-refractivity contribution in [2.75, 3.05) is 58.9 Å². The number of ketones is 5. The van der Waals surface area contributed by atoms with E-state index in [1.165, 1.54) is 10.8 Å². The van der Waals surface area contributed by atoms with E-state index in [1.54, 1.807) is 13.8 Å². The van der Waals surface area contributed by atoms with Crippen molar-refractivity contribution in [3.63, 3.8) is 0 Å². The Kier molecular flexibility index (Phi) is 16.4. The van der Waals surface area contributed by atoms with Crippen molar-refractivity contribution in [2.45, 2.75) is 99.5 Å². The van der Waals surface area contributed by atoms with Crippen molar-refractivity contribution < 1.29 is 24.0 Å². The minimum atomic E-state index is -0.851. The molecule has 0 heterocycles. The van der Waals surface area contributed by atoms with Crippen LogP contribution in [0.4, 0.5) is 0 Å². The second kappa shape index (κ2) is 16.7. The van der Waals surface area contributed by atoms with Gasteiger partial charge in [-0.3, -0.25) is 38.7 Å². The predicted molar refractivity (Wildman–Crippen MR) is 186 cm³/mol.